The summed E-state index contributed by atoms with van der Waals surface area (Å²) in [5.74, 6) is 3.43. The highest BCUT2D eigenvalue weighted by Gasteiger charge is 2.51. The fraction of sp³-hybridized carbons (Fsp3) is 0.440. The first-order valence-electron chi connectivity index (χ1n) is 20.8. The van der Waals surface area contributed by atoms with Gasteiger partial charge in [-0.1, -0.05) is 85.0 Å². The summed E-state index contributed by atoms with van der Waals surface area (Å²) < 4.78 is 33.6. The lowest BCUT2D eigenvalue weighted by Gasteiger charge is -2.42. The number of likely N-dealkylation sites (tertiary alicyclic amines) is 2. The Morgan fingerprint density at radius 2 is 0.862 bits per heavy atom. The van der Waals surface area contributed by atoms with Gasteiger partial charge in [0.2, 0.25) is 0 Å². The SMILES string of the molecule is COC[C@H](c1ccccc1)N1CC[C@]2(c3cc(OC)cc(OC)c3)CCC=C[C@H]12.COC[C@H](c1ccccc1)N1CC[C@]2(c3cc(OC)cc(OC)c3)CCC=C[C@H]12. The van der Waals surface area contributed by atoms with E-state index in [4.69, 9.17) is 28.4 Å². The summed E-state index contributed by atoms with van der Waals surface area (Å²) >= 11 is 0. The average Bonchev–Trinajstić information content (AvgIpc) is 3.88. The highest BCUT2D eigenvalue weighted by molar-refractivity contribution is 5.47. The maximum absolute atomic E-state index is 5.66. The summed E-state index contributed by atoms with van der Waals surface area (Å²) in [7, 11) is 10.5. The molecule has 0 amide bonds. The largest absolute Gasteiger partial charge is 0.497 e. The Morgan fingerprint density at radius 3 is 1.19 bits per heavy atom. The van der Waals surface area contributed by atoms with Gasteiger partial charge in [-0.15, -0.1) is 0 Å². The number of allylic oxidation sites excluding steroid dienone is 2. The number of fused-ring (bicyclic) bond motifs is 2. The number of hydrogen-bond donors (Lipinski definition) is 0. The van der Waals surface area contributed by atoms with Crippen molar-refractivity contribution in [3.05, 3.63) is 144 Å². The maximum Gasteiger partial charge on any atom is 0.122 e. The summed E-state index contributed by atoms with van der Waals surface area (Å²) in [4.78, 5) is 5.25. The van der Waals surface area contributed by atoms with Crippen molar-refractivity contribution in [2.45, 2.75) is 73.5 Å². The summed E-state index contributed by atoms with van der Waals surface area (Å²) in [5, 5.41) is 0. The van der Waals surface area contributed by atoms with Crippen molar-refractivity contribution < 1.29 is 28.4 Å². The molecule has 2 aliphatic carbocycles. The van der Waals surface area contributed by atoms with E-state index in [1.807, 2.05) is 12.1 Å². The van der Waals surface area contributed by atoms with E-state index in [9.17, 15) is 0 Å². The van der Waals surface area contributed by atoms with E-state index in [0.29, 0.717) is 25.3 Å². The number of methoxy groups -OCH3 is 6. The number of hydrogen-bond acceptors (Lipinski definition) is 8. The van der Waals surface area contributed by atoms with Crippen LogP contribution in [0, 0.1) is 0 Å². The predicted octanol–water partition coefficient (Wildman–Crippen LogP) is 9.51. The fourth-order valence-corrected chi connectivity index (χ4v) is 10.4. The Labute approximate surface area is 346 Å². The van der Waals surface area contributed by atoms with Gasteiger partial charge in [-0.25, -0.2) is 0 Å². The van der Waals surface area contributed by atoms with Crippen LogP contribution in [0.2, 0.25) is 0 Å². The molecule has 0 radical (unpaired) electrons. The Hall–Kier alpha value is -4.60. The van der Waals surface area contributed by atoms with Crippen LogP contribution in [0.3, 0.4) is 0 Å². The number of nitrogens with zero attached hydrogens (tertiary/aromatic N) is 2. The second-order valence-electron chi connectivity index (χ2n) is 16.1. The second kappa shape index (κ2) is 19.0. The smallest absolute Gasteiger partial charge is 0.122 e. The Kier molecular flexibility index (Phi) is 13.6. The maximum atomic E-state index is 5.66. The lowest BCUT2D eigenvalue weighted by Crippen LogP contribution is -2.45. The minimum Gasteiger partial charge on any atom is -0.497 e. The Morgan fingerprint density at radius 1 is 0.500 bits per heavy atom. The molecule has 8 nitrogen and oxygen atoms in total. The highest BCUT2D eigenvalue weighted by atomic mass is 16.5. The monoisotopic (exact) mass is 786 g/mol. The molecule has 4 aromatic carbocycles. The Bertz CT molecular complexity index is 1800. The zero-order valence-corrected chi connectivity index (χ0v) is 35.3. The summed E-state index contributed by atoms with van der Waals surface area (Å²) in [6.07, 6.45) is 16.2. The zero-order valence-electron chi connectivity index (χ0n) is 35.3. The van der Waals surface area contributed by atoms with E-state index >= 15 is 0 Å². The third-order valence-electron chi connectivity index (χ3n) is 13.3. The van der Waals surface area contributed by atoms with E-state index in [1.165, 1.54) is 22.3 Å². The predicted molar refractivity (Wildman–Crippen MR) is 232 cm³/mol. The molecule has 58 heavy (non-hydrogen) atoms. The Balaban J connectivity index is 0.000000177. The number of rotatable bonds is 14. The van der Waals surface area contributed by atoms with E-state index < -0.39 is 0 Å². The molecule has 308 valence electrons. The van der Waals surface area contributed by atoms with Crippen LogP contribution in [0.4, 0.5) is 0 Å². The lowest BCUT2D eigenvalue weighted by atomic mass is 9.68. The van der Waals surface area contributed by atoms with Crippen LogP contribution in [0.15, 0.2) is 121 Å². The van der Waals surface area contributed by atoms with Gasteiger partial charge in [0, 0.05) is 62.4 Å². The van der Waals surface area contributed by atoms with E-state index in [0.717, 1.165) is 74.6 Å². The number of benzene rings is 4. The van der Waals surface area contributed by atoms with Gasteiger partial charge in [0.05, 0.1) is 53.7 Å². The van der Waals surface area contributed by atoms with Crippen molar-refractivity contribution in [3.63, 3.8) is 0 Å². The molecule has 0 aromatic heterocycles. The first kappa shape index (κ1) is 41.6. The van der Waals surface area contributed by atoms with Gasteiger partial charge in [-0.05, 0) is 85.0 Å². The van der Waals surface area contributed by atoms with Crippen molar-refractivity contribution in [1.82, 2.24) is 9.80 Å². The number of ether oxygens (including phenoxy) is 6. The minimum atomic E-state index is 0.0668. The van der Waals surface area contributed by atoms with Gasteiger partial charge in [0.25, 0.3) is 0 Å². The molecule has 2 aliphatic heterocycles. The molecule has 8 rings (SSSR count). The molecular weight excluding hydrogens is 725 g/mol. The standard InChI is InChI=1S/2C25H31NO3/c2*1-27-18-23(19-9-5-4-6-10-19)26-14-13-25(12-8-7-11-24(25)26)20-15-21(28-2)17-22(16-20)29-3/h2*4-7,9-11,15-17,23-24H,8,12-14,18H2,1-3H3/t2*23-,24+,25+/m11/s1. The first-order valence-corrected chi connectivity index (χ1v) is 20.8. The van der Waals surface area contributed by atoms with Crippen LogP contribution in [0.1, 0.15) is 72.9 Å². The van der Waals surface area contributed by atoms with Gasteiger partial charge in [0.1, 0.15) is 23.0 Å². The normalized spacial score (nSPS) is 24.9. The summed E-state index contributed by atoms with van der Waals surface area (Å²) in [6, 6.07) is 35.3. The van der Waals surface area contributed by atoms with Crippen LogP contribution in [0.25, 0.3) is 0 Å². The lowest BCUT2D eigenvalue weighted by molar-refractivity contribution is 0.0814. The molecule has 0 bridgehead atoms. The summed E-state index contributed by atoms with van der Waals surface area (Å²) in [6.45, 7) is 3.45. The van der Waals surface area contributed by atoms with Crippen LogP contribution in [0.5, 0.6) is 23.0 Å². The van der Waals surface area contributed by atoms with Gasteiger partial charge < -0.3 is 28.4 Å². The van der Waals surface area contributed by atoms with E-state index in [2.05, 4.69) is 119 Å². The molecule has 0 N–H and O–H groups in total. The van der Waals surface area contributed by atoms with Crippen LogP contribution in [-0.4, -0.2) is 90.8 Å². The topological polar surface area (TPSA) is 61.9 Å². The van der Waals surface area contributed by atoms with Crippen molar-refractivity contribution >= 4 is 0 Å². The summed E-state index contributed by atoms with van der Waals surface area (Å²) in [5.41, 5.74) is 5.39. The molecule has 6 atom stereocenters. The van der Waals surface area contributed by atoms with Gasteiger partial charge >= 0.3 is 0 Å². The van der Waals surface area contributed by atoms with E-state index in [1.54, 1.807) is 42.7 Å². The first-order chi connectivity index (χ1) is 28.4. The minimum absolute atomic E-state index is 0.0668. The molecule has 4 aliphatic rings. The van der Waals surface area contributed by atoms with Gasteiger partial charge in [-0.2, -0.15) is 0 Å². The average molecular weight is 787 g/mol. The van der Waals surface area contributed by atoms with Gasteiger partial charge in [-0.3, -0.25) is 9.80 Å². The van der Waals surface area contributed by atoms with Crippen molar-refractivity contribution in [1.29, 1.82) is 0 Å². The zero-order chi connectivity index (χ0) is 40.5. The van der Waals surface area contributed by atoms with Crippen molar-refractivity contribution in [2.24, 2.45) is 0 Å². The van der Waals surface area contributed by atoms with E-state index in [-0.39, 0.29) is 22.9 Å². The van der Waals surface area contributed by atoms with Crippen LogP contribution >= 0.6 is 0 Å². The molecule has 2 heterocycles. The fourth-order valence-electron chi connectivity index (χ4n) is 10.4. The second-order valence-corrected chi connectivity index (χ2v) is 16.1. The third kappa shape index (κ3) is 8.30. The molecule has 0 spiro atoms. The highest BCUT2D eigenvalue weighted by Crippen LogP contribution is 2.52. The van der Waals surface area contributed by atoms with Gasteiger partial charge in [0.15, 0.2) is 0 Å². The van der Waals surface area contributed by atoms with Crippen molar-refractivity contribution in [3.8, 4) is 23.0 Å². The molecule has 0 unspecified atom stereocenters. The molecule has 2 fully saturated rings. The molecular formula is C50H62N2O6. The molecule has 0 saturated carbocycles. The quantitative estimate of drug-likeness (QED) is 0.117. The van der Waals surface area contributed by atoms with Crippen molar-refractivity contribution in [2.75, 3.05) is 69.0 Å². The molecule has 2 saturated heterocycles. The third-order valence-corrected chi connectivity index (χ3v) is 13.3. The van der Waals surface area contributed by atoms with Crippen LogP contribution < -0.4 is 18.9 Å². The molecule has 8 heteroatoms. The molecule has 4 aromatic rings. The van der Waals surface area contributed by atoms with Crippen LogP contribution in [-0.2, 0) is 20.3 Å².